The molecule has 3 amide bonds. The molecule has 1 aromatic heterocycles. The number of carbonyl (C=O) groups is 3. The van der Waals surface area contributed by atoms with Gasteiger partial charge in [-0.3, -0.25) is 19.4 Å². The van der Waals surface area contributed by atoms with E-state index in [-0.39, 0.29) is 37.5 Å². The van der Waals surface area contributed by atoms with Gasteiger partial charge in [-0.1, -0.05) is 36.4 Å². The molecule has 65 heavy (non-hydrogen) atoms. The van der Waals surface area contributed by atoms with Crippen LogP contribution in [0.15, 0.2) is 85.1 Å². The number of hydrogen-bond donors (Lipinski definition) is 6. The van der Waals surface area contributed by atoms with Gasteiger partial charge in [0, 0.05) is 59.6 Å². The van der Waals surface area contributed by atoms with Crippen molar-refractivity contribution in [3.8, 4) is 11.3 Å². The Morgan fingerprint density at radius 3 is 2.15 bits per heavy atom. The number of thioether (sulfide) groups is 1. The fourth-order valence-corrected chi connectivity index (χ4v) is 8.16. The topological polar surface area (TPSA) is 201 Å². The lowest BCUT2D eigenvalue weighted by atomic mass is 9.87. The van der Waals surface area contributed by atoms with Crippen LogP contribution in [0, 0.1) is 0 Å². The number of nitrogens with zero attached hydrogens (tertiary/aromatic N) is 2. The molecule has 5 rings (SSSR count). The number of amides is 3. The molecule has 352 valence electrons. The monoisotopic (exact) mass is 915 g/mol. The highest BCUT2D eigenvalue weighted by Gasteiger charge is 2.29. The van der Waals surface area contributed by atoms with Gasteiger partial charge in [0.05, 0.1) is 90.1 Å². The number of ether oxygens (including phenoxy) is 4. The van der Waals surface area contributed by atoms with E-state index in [1.54, 1.807) is 36.2 Å². The van der Waals surface area contributed by atoms with Crippen LogP contribution in [0.4, 0.5) is 11.4 Å². The van der Waals surface area contributed by atoms with Crippen molar-refractivity contribution in [2.75, 3.05) is 102 Å². The third kappa shape index (κ3) is 15.9. The lowest BCUT2D eigenvalue weighted by Crippen LogP contribution is -2.57. The van der Waals surface area contributed by atoms with Crippen molar-refractivity contribution in [2.24, 2.45) is 0 Å². The predicted molar refractivity (Wildman–Crippen MR) is 253 cm³/mol. The van der Waals surface area contributed by atoms with Crippen LogP contribution in [0.2, 0.25) is 0 Å². The molecule has 0 aliphatic heterocycles. The number of aliphatic hydroxyl groups is 3. The van der Waals surface area contributed by atoms with Gasteiger partial charge in [0.2, 0.25) is 5.91 Å². The molecule has 0 spiro atoms. The maximum absolute atomic E-state index is 13.8. The normalized spacial score (nSPS) is 13.5. The summed E-state index contributed by atoms with van der Waals surface area (Å²) >= 11 is 1.71. The Morgan fingerprint density at radius 1 is 0.769 bits per heavy atom. The Bertz CT molecular complexity index is 2090. The van der Waals surface area contributed by atoms with E-state index in [0.29, 0.717) is 67.9 Å². The van der Waals surface area contributed by atoms with Crippen LogP contribution in [0.25, 0.3) is 11.3 Å². The third-order valence-corrected chi connectivity index (χ3v) is 12.1. The Kier molecular flexibility index (Phi) is 21.6. The molecule has 1 atom stereocenters. The van der Waals surface area contributed by atoms with Gasteiger partial charge >= 0.3 is 0 Å². The van der Waals surface area contributed by atoms with Crippen molar-refractivity contribution in [3.63, 3.8) is 0 Å². The van der Waals surface area contributed by atoms with Gasteiger partial charge in [-0.05, 0) is 92.3 Å². The molecule has 0 unspecified atom stereocenters. The quantitative estimate of drug-likeness (QED) is 0.0390. The van der Waals surface area contributed by atoms with Gasteiger partial charge in [0.1, 0.15) is 5.54 Å². The van der Waals surface area contributed by atoms with E-state index in [1.807, 2.05) is 48.5 Å². The molecule has 6 N–H and O–H groups in total. The standard InChI is InChI=1S/C49H65N5O10S/c1-3-54(4-2)40-15-16-44(42(31-40)45-30-39(17-19-50-45)48(60)51-43-14-8-11-37-10-5-6-13-41(37)43)52-47(59)38-12-7-9-36(29-38)32-65-28-27-64-26-25-63-24-23-62-22-21-61-20-18-46(58)53-49(33-55,34-56)35-57/h5-7,9-10,12-13,15-17,19,29-31,43,55-57H,3-4,8,11,14,18,20-28,32-35H2,1-2H3,(H,51,60)(H,52,59)(H,53,58)/t43-/m0/s1. The molecule has 0 saturated carbocycles. The second-order valence-electron chi connectivity index (χ2n) is 15.7. The van der Waals surface area contributed by atoms with Crippen molar-refractivity contribution in [2.45, 2.75) is 56.9 Å². The highest BCUT2D eigenvalue weighted by Crippen LogP contribution is 2.33. The number of benzene rings is 3. The molecule has 1 aliphatic rings. The van der Waals surface area contributed by atoms with E-state index in [4.69, 9.17) is 18.9 Å². The Labute approximate surface area is 386 Å². The number of carbonyl (C=O) groups excluding carboxylic acids is 3. The summed E-state index contributed by atoms with van der Waals surface area (Å²) in [6.07, 6.45) is 4.58. The van der Waals surface area contributed by atoms with Crippen molar-refractivity contribution in [3.05, 3.63) is 113 Å². The van der Waals surface area contributed by atoms with Crippen LogP contribution in [-0.2, 0) is 35.9 Å². The zero-order valence-electron chi connectivity index (χ0n) is 37.6. The summed E-state index contributed by atoms with van der Waals surface area (Å²) in [5.41, 5.74) is 5.98. The predicted octanol–water partition coefficient (Wildman–Crippen LogP) is 5.18. The number of hydrogen-bond acceptors (Lipinski definition) is 13. The lowest BCUT2D eigenvalue weighted by Gasteiger charge is -2.28. The second-order valence-corrected chi connectivity index (χ2v) is 16.8. The van der Waals surface area contributed by atoms with Gasteiger partial charge in [0.25, 0.3) is 11.8 Å². The summed E-state index contributed by atoms with van der Waals surface area (Å²) in [5.74, 6) is 0.631. The van der Waals surface area contributed by atoms with Crippen LogP contribution < -0.4 is 20.9 Å². The first-order valence-electron chi connectivity index (χ1n) is 22.4. The first-order valence-corrected chi connectivity index (χ1v) is 23.5. The first-order chi connectivity index (χ1) is 31.7. The minimum atomic E-state index is -1.45. The summed E-state index contributed by atoms with van der Waals surface area (Å²) in [5, 5.41) is 36.7. The van der Waals surface area contributed by atoms with Gasteiger partial charge in [-0.25, -0.2) is 0 Å². The largest absolute Gasteiger partial charge is 0.394 e. The number of anilines is 2. The van der Waals surface area contributed by atoms with Gasteiger partial charge in [0.15, 0.2) is 0 Å². The molecule has 0 bridgehead atoms. The Morgan fingerprint density at radius 2 is 1.45 bits per heavy atom. The highest BCUT2D eigenvalue weighted by molar-refractivity contribution is 7.98. The van der Waals surface area contributed by atoms with E-state index >= 15 is 0 Å². The second kappa shape index (κ2) is 27.5. The molecule has 1 heterocycles. The summed E-state index contributed by atoms with van der Waals surface area (Å²) in [4.78, 5) is 46.3. The number of aromatic nitrogens is 1. The van der Waals surface area contributed by atoms with Crippen LogP contribution >= 0.6 is 11.8 Å². The summed E-state index contributed by atoms with van der Waals surface area (Å²) in [6.45, 7) is 7.06. The molecule has 0 saturated heterocycles. The van der Waals surface area contributed by atoms with E-state index < -0.39 is 31.3 Å². The average Bonchev–Trinajstić information content (AvgIpc) is 3.34. The molecule has 15 nitrogen and oxygen atoms in total. The van der Waals surface area contributed by atoms with Crippen molar-refractivity contribution in [1.29, 1.82) is 0 Å². The minimum Gasteiger partial charge on any atom is -0.394 e. The van der Waals surface area contributed by atoms with E-state index in [9.17, 15) is 29.7 Å². The summed E-state index contributed by atoms with van der Waals surface area (Å²) < 4.78 is 22.1. The lowest BCUT2D eigenvalue weighted by molar-refractivity contribution is -0.126. The smallest absolute Gasteiger partial charge is 0.255 e. The van der Waals surface area contributed by atoms with Crippen LogP contribution in [-0.4, -0.2) is 135 Å². The van der Waals surface area contributed by atoms with Crippen molar-refractivity contribution < 1.29 is 48.7 Å². The maximum atomic E-state index is 13.8. The molecular weight excluding hydrogens is 851 g/mol. The third-order valence-electron chi connectivity index (χ3n) is 11.1. The number of pyridine rings is 1. The zero-order valence-corrected chi connectivity index (χ0v) is 38.4. The summed E-state index contributed by atoms with van der Waals surface area (Å²) in [6, 6.07) is 25.3. The first kappa shape index (κ1) is 51.1. The van der Waals surface area contributed by atoms with Crippen molar-refractivity contribution in [1.82, 2.24) is 15.6 Å². The maximum Gasteiger partial charge on any atom is 0.255 e. The molecule has 3 aromatic carbocycles. The van der Waals surface area contributed by atoms with E-state index in [2.05, 4.69) is 51.8 Å². The highest BCUT2D eigenvalue weighted by atomic mass is 32.2. The van der Waals surface area contributed by atoms with Gasteiger partial charge < -0.3 is 55.1 Å². The Hall–Kier alpha value is -4.91. The number of aliphatic hydroxyl groups excluding tert-OH is 3. The minimum absolute atomic E-state index is 0.0156. The van der Waals surface area contributed by atoms with E-state index in [0.717, 1.165) is 54.9 Å². The number of nitrogens with one attached hydrogen (secondary N) is 3. The Balaban J connectivity index is 1.02. The average molecular weight is 916 g/mol. The molecule has 0 fully saturated rings. The fraction of sp³-hybridized carbons (Fsp3) is 0.469. The number of rotatable bonds is 29. The van der Waals surface area contributed by atoms with Gasteiger partial charge in [-0.2, -0.15) is 11.8 Å². The van der Waals surface area contributed by atoms with Crippen molar-refractivity contribution >= 4 is 40.9 Å². The molecule has 4 aromatic rings. The molecule has 16 heteroatoms. The number of aryl methyl sites for hydroxylation is 1. The molecule has 1 aliphatic carbocycles. The number of fused-ring (bicyclic) bond motifs is 1. The van der Waals surface area contributed by atoms with Crippen LogP contribution in [0.5, 0.6) is 0 Å². The SMILES string of the molecule is CCN(CC)c1ccc(NC(=O)c2cccc(CSCCOCCOCCOCCOCCC(=O)NC(CO)(CO)CO)c2)c(-c2cc(C(=O)N[C@H]3CCCc4ccccc43)ccn2)c1. The molecular formula is C49H65N5O10S. The fourth-order valence-electron chi connectivity index (χ4n) is 7.36. The zero-order chi connectivity index (χ0) is 46.3. The van der Waals surface area contributed by atoms with Crippen LogP contribution in [0.3, 0.4) is 0 Å². The summed E-state index contributed by atoms with van der Waals surface area (Å²) in [7, 11) is 0. The van der Waals surface area contributed by atoms with Gasteiger partial charge in [-0.15, -0.1) is 0 Å². The van der Waals surface area contributed by atoms with Crippen LogP contribution in [0.1, 0.15) is 76.6 Å². The van der Waals surface area contributed by atoms with E-state index in [1.165, 1.54) is 11.1 Å². The molecule has 0 radical (unpaired) electrons.